The van der Waals surface area contributed by atoms with Crippen molar-refractivity contribution < 1.29 is 14.7 Å². The fourth-order valence-electron chi connectivity index (χ4n) is 2.45. The van der Waals surface area contributed by atoms with Crippen molar-refractivity contribution in [1.29, 1.82) is 0 Å². The summed E-state index contributed by atoms with van der Waals surface area (Å²) in [6.07, 6.45) is -0.540. The Morgan fingerprint density at radius 2 is 2.00 bits per heavy atom. The molecule has 2 amide bonds. The predicted octanol–water partition coefficient (Wildman–Crippen LogP) is 0.742. The van der Waals surface area contributed by atoms with Gasteiger partial charge in [-0.2, -0.15) is 0 Å². The van der Waals surface area contributed by atoms with Crippen LogP contribution in [-0.2, 0) is 15.0 Å². The highest BCUT2D eigenvalue weighted by Gasteiger charge is 2.49. The van der Waals surface area contributed by atoms with Gasteiger partial charge in [0.2, 0.25) is 11.8 Å². The van der Waals surface area contributed by atoms with Crippen molar-refractivity contribution in [3.63, 3.8) is 0 Å². The molecule has 1 aromatic carbocycles. The molecule has 1 fully saturated rings. The summed E-state index contributed by atoms with van der Waals surface area (Å²) in [6, 6.07) is 9.11. The number of hydrogen-bond acceptors (Lipinski definition) is 3. The summed E-state index contributed by atoms with van der Waals surface area (Å²) in [6.45, 7) is 1.84. The van der Waals surface area contributed by atoms with Crippen LogP contribution in [0.25, 0.3) is 0 Å². The van der Waals surface area contributed by atoms with Crippen molar-refractivity contribution in [3.8, 4) is 0 Å². The molecule has 0 aliphatic carbocycles. The minimum absolute atomic E-state index is 0.0333. The van der Waals surface area contributed by atoms with E-state index in [0.29, 0.717) is 6.42 Å². The van der Waals surface area contributed by atoms with Crippen LogP contribution >= 0.6 is 0 Å². The van der Waals surface area contributed by atoms with Crippen molar-refractivity contribution in [2.45, 2.75) is 31.3 Å². The van der Waals surface area contributed by atoms with Gasteiger partial charge in [0.25, 0.3) is 0 Å². The van der Waals surface area contributed by atoms with E-state index in [1.54, 1.807) is 0 Å². The second-order valence-electron chi connectivity index (χ2n) is 4.29. The van der Waals surface area contributed by atoms with E-state index in [1.807, 2.05) is 37.3 Å². The van der Waals surface area contributed by atoms with E-state index < -0.39 is 23.3 Å². The van der Waals surface area contributed by atoms with Crippen LogP contribution < -0.4 is 5.32 Å². The van der Waals surface area contributed by atoms with E-state index in [-0.39, 0.29) is 6.42 Å². The van der Waals surface area contributed by atoms with Gasteiger partial charge in [0.1, 0.15) is 5.41 Å². The van der Waals surface area contributed by atoms with Crippen LogP contribution in [0, 0.1) is 0 Å². The van der Waals surface area contributed by atoms with E-state index in [0.717, 1.165) is 5.56 Å². The third-order valence-electron chi connectivity index (χ3n) is 3.45. The van der Waals surface area contributed by atoms with Crippen molar-refractivity contribution in [1.82, 2.24) is 5.32 Å². The fourth-order valence-corrected chi connectivity index (χ4v) is 2.45. The monoisotopic (exact) mass is 233 g/mol. The van der Waals surface area contributed by atoms with Crippen molar-refractivity contribution >= 4 is 11.8 Å². The quantitative estimate of drug-likeness (QED) is 0.740. The fraction of sp³-hybridized carbons (Fsp3) is 0.385. The Labute approximate surface area is 99.6 Å². The summed E-state index contributed by atoms with van der Waals surface area (Å²) in [5, 5.41) is 12.4. The molecule has 1 heterocycles. The number of nitrogens with one attached hydrogen (secondary N) is 1. The van der Waals surface area contributed by atoms with Crippen LogP contribution in [0.15, 0.2) is 30.3 Å². The first-order valence-corrected chi connectivity index (χ1v) is 5.69. The van der Waals surface area contributed by atoms with E-state index >= 15 is 0 Å². The molecule has 0 radical (unpaired) electrons. The molecule has 0 bridgehead atoms. The summed E-state index contributed by atoms with van der Waals surface area (Å²) in [7, 11) is 0. The summed E-state index contributed by atoms with van der Waals surface area (Å²) in [5.74, 6) is -0.822. The SMILES string of the molecule is CCC1(c2ccccc2)C(=O)NC(=O)C[C@@H]1O. The van der Waals surface area contributed by atoms with Crippen LogP contribution in [0.2, 0.25) is 0 Å². The van der Waals surface area contributed by atoms with Gasteiger partial charge in [-0.1, -0.05) is 37.3 Å². The van der Waals surface area contributed by atoms with Gasteiger partial charge in [-0.05, 0) is 12.0 Å². The molecule has 2 atom stereocenters. The van der Waals surface area contributed by atoms with Gasteiger partial charge in [-0.3, -0.25) is 14.9 Å². The van der Waals surface area contributed by atoms with Gasteiger partial charge in [0.05, 0.1) is 12.5 Å². The van der Waals surface area contributed by atoms with Gasteiger partial charge < -0.3 is 5.11 Å². The Balaban J connectivity index is 2.49. The number of aliphatic hydroxyl groups excluding tert-OH is 1. The molecule has 17 heavy (non-hydrogen) atoms. The van der Waals surface area contributed by atoms with Gasteiger partial charge in [0.15, 0.2) is 0 Å². The molecular formula is C13H15NO3. The molecule has 4 heteroatoms. The second kappa shape index (κ2) is 4.30. The third-order valence-corrected chi connectivity index (χ3v) is 3.45. The molecule has 2 rings (SSSR count). The molecule has 0 saturated carbocycles. The summed E-state index contributed by atoms with van der Waals surface area (Å²) in [5.41, 5.74) is -0.255. The average Bonchev–Trinajstić information content (AvgIpc) is 2.30. The Morgan fingerprint density at radius 1 is 1.35 bits per heavy atom. The summed E-state index contributed by atoms with van der Waals surface area (Å²) < 4.78 is 0. The molecule has 1 aliphatic rings. The Morgan fingerprint density at radius 3 is 2.53 bits per heavy atom. The van der Waals surface area contributed by atoms with Crippen LogP contribution in [0.5, 0.6) is 0 Å². The lowest BCUT2D eigenvalue weighted by atomic mass is 9.70. The zero-order chi connectivity index (χ0) is 12.5. The predicted molar refractivity (Wildman–Crippen MR) is 62.2 cm³/mol. The van der Waals surface area contributed by atoms with Crippen LogP contribution in [-0.4, -0.2) is 23.0 Å². The third kappa shape index (κ3) is 1.74. The number of piperidine rings is 1. The van der Waals surface area contributed by atoms with Gasteiger partial charge in [-0.15, -0.1) is 0 Å². The maximum absolute atomic E-state index is 12.1. The Bertz CT molecular complexity index is 443. The number of hydrogen-bond donors (Lipinski definition) is 2. The molecule has 2 N–H and O–H groups in total. The zero-order valence-electron chi connectivity index (χ0n) is 9.64. The lowest BCUT2D eigenvalue weighted by Crippen LogP contribution is -2.59. The molecule has 1 unspecified atom stereocenters. The number of carbonyl (C=O) groups is 2. The van der Waals surface area contributed by atoms with E-state index in [4.69, 9.17) is 0 Å². The number of rotatable bonds is 2. The Hall–Kier alpha value is -1.68. The number of benzene rings is 1. The highest BCUT2D eigenvalue weighted by Crippen LogP contribution is 2.35. The first kappa shape index (κ1) is 11.8. The minimum Gasteiger partial charge on any atom is -0.391 e. The second-order valence-corrected chi connectivity index (χ2v) is 4.29. The highest BCUT2D eigenvalue weighted by atomic mass is 16.3. The molecule has 0 aromatic heterocycles. The highest BCUT2D eigenvalue weighted by molar-refractivity contribution is 6.04. The average molecular weight is 233 g/mol. The molecule has 0 spiro atoms. The molecule has 90 valence electrons. The lowest BCUT2D eigenvalue weighted by molar-refractivity contribution is -0.144. The first-order chi connectivity index (χ1) is 8.11. The largest absolute Gasteiger partial charge is 0.391 e. The first-order valence-electron chi connectivity index (χ1n) is 5.69. The van der Waals surface area contributed by atoms with Gasteiger partial charge in [0, 0.05) is 0 Å². The van der Waals surface area contributed by atoms with Crippen LogP contribution in [0.3, 0.4) is 0 Å². The van der Waals surface area contributed by atoms with E-state index in [2.05, 4.69) is 5.32 Å². The van der Waals surface area contributed by atoms with E-state index in [1.165, 1.54) is 0 Å². The van der Waals surface area contributed by atoms with Crippen molar-refractivity contribution in [3.05, 3.63) is 35.9 Å². The lowest BCUT2D eigenvalue weighted by Gasteiger charge is -2.39. The smallest absolute Gasteiger partial charge is 0.239 e. The standard InChI is InChI=1S/C13H15NO3/c1-2-13(9-6-4-3-5-7-9)10(15)8-11(16)14-12(13)17/h3-7,10,15H,2,8H2,1H3,(H,14,16,17)/t10-,13?/m0/s1. The maximum atomic E-state index is 12.1. The number of carbonyl (C=O) groups excluding carboxylic acids is 2. The topological polar surface area (TPSA) is 66.4 Å². The Kier molecular flexibility index (Phi) is 2.98. The van der Waals surface area contributed by atoms with Crippen LogP contribution in [0.4, 0.5) is 0 Å². The van der Waals surface area contributed by atoms with Crippen LogP contribution in [0.1, 0.15) is 25.3 Å². The molecule has 4 nitrogen and oxygen atoms in total. The van der Waals surface area contributed by atoms with Crippen molar-refractivity contribution in [2.24, 2.45) is 0 Å². The normalized spacial score (nSPS) is 28.9. The number of imide groups is 1. The summed E-state index contributed by atoms with van der Waals surface area (Å²) in [4.78, 5) is 23.3. The zero-order valence-corrected chi connectivity index (χ0v) is 9.64. The number of aliphatic hydroxyl groups is 1. The summed E-state index contributed by atoms with van der Waals surface area (Å²) >= 11 is 0. The molecule has 1 saturated heterocycles. The molecule has 1 aliphatic heterocycles. The molecular weight excluding hydrogens is 218 g/mol. The molecule has 1 aromatic rings. The van der Waals surface area contributed by atoms with E-state index in [9.17, 15) is 14.7 Å². The number of amides is 2. The van der Waals surface area contributed by atoms with Gasteiger partial charge in [-0.25, -0.2) is 0 Å². The van der Waals surface area contributed by atoms with Crippen molar-refractivity contribution in [2.75, 3.05) is 0 Å². The van der Waals surface area contributed by atoms with Gasteiger partial charge >= 0.3 is 0 Å². The maximum Gasteiger partial charge on any atom is 0.239 e. The minimum atomic E-state index is -1.00.